The van der Waals surface area contributed by atoms with Gasteiger partial charge < -0.3 is 10.2 Å². The lowest BCUT2D eigenvalue weighted by Gasteiger charge is -2.39. The zero-order valence-corrected chi connectivity index (χ0v) is 13.8. The first-order valence-electron chi connectivity index (χ1n) is 8.69. The summed E-state index contributed by atoms with van der Waals surface area (Å²) in [6.45, 7) is 4.29. The molecule has 2 aromatic rings. The molecule has 2 aliphatic heterocycles. The summed E-state index contributed by atoms with van der Waals surface area (Å²) in [6, 6.07) is 21.6. The Bertz CT molecular complexity index is 637. The molecular formula is C20H23N3O. The molecule has 2 aromatic carbocycles. The number of benzene rings is 2. The van der Waals surface area contributed by atoms with Crippen LogP contribution in [0.4, 0.5) is 0 Å². The maximum absolute atomic E-state index is 12.2. The van der Waals surface area contributed by atoms with Gasteiger partial charge in [0.15, 0.2) is 0 Å². The summed E-state index contributed by atoms with van der Waals surface area (Å²) >= 11 is 0. The molecule has 1 N–H and O–H groups in total. The SMILES string of the molecule is O=C([C@H]1CN1)N1CCN(C(c2ccccc2)c2ccccc2)CC1. The van der Waals surface area contributed by atoms with Crippen LogP contribution in [0.25, 0.3) is 0 Å². The van der Waals surface area contributed by atoms with Crippen molar-refractivity contribution in [2.75, 3.05) is 32.7 Å². The first kappa shape index (κ1) is 15.4. The summed E-state index contributed by atoms with van der Waals surface area (Å²) in [4.78, 5) is 16.7. The number of hydrogen-bond donors (Lipinski definition) is 1. The van der Waals surface area contributed by atoms with E-state index in [4.69, 9.17) is 0 Å². The van der Waals surface area contributed by atoms with Crippen molar-refractivity contribution in [1.82, 2.24) is 15.1 Å². The normalized spacial score (nSPS) is 21.0. The summed E-state index contributed by atoms with van der Waals surface area (Å²) in [5, 5.41) is 3.11. The van der Waals surface area contributed by atoms with Gasteiger partial charge in [-0.05, 0) is 11.1 Å². The van der Waals surface area contributed by atoms with Crippen molar-refractivity contribution in [3.8, 4) is 0 Å². The Kier molecular flexibility index (Phi) is 4.32. The van der Waals surface area contributed by atoms with Gasteiger partial charge in [-0.2, -0.15) is 0 Å². The second-order valence-corrected chi connectivity index (χ2v) is 6.55. The Morgan fingerprint density at radius 2 is 1.38 bits per heavy atom. The molecule has 2 heterocycles. The fourth-order valence-electron chi connectivity index (χ4n) is 3.54. The minimum atomic E-state index is 0.0793. The van der Waals surface area contributed by atoms with E-state index >= 15 is 0 Å². The molecule has 2 aliphatic rings. The van der Waals surface area contributed by atoms with Gasteiger partial charge in [0.05, 0.1) is 12.1 Å². The van der Waals surface area contributed by atoms with Crippen molar-refractivity contribution >= 4 is 5.91 Å². The van der Waals surface area contributed by atoms with Gasteiger partial charge in [0, 0.05) is 32.7 Å². The van der Waals surface area contributed by atoms with E-state index in [1.165, 1.54) is 11.1 Å². The van der Waals surface area contributed by atoms with E-state index in [2.05, 4.69) is 70.9 Å². The first-order chi connectivity index (χ1) is 11.8. The highest BCUT2D eigenvalue weighted by atomic mass is 16.2. The fraction of sp³-hybridized carbons (Fsp3) is 0.350. The third-order valence-electron chi connectivity index (χ3n) is 4.93. The molecule has 4 nitrogen and oxygen atoms in total. The highest BCUT2D eigenvalue weighted by Gasteiger charge is 2.35. The summed E-state index contributed by atoms with van der Waals surface area (Å²) < 4.78 is 0. The standard InChI is InChI=1S/C20H23N3O/c24-20(18-15-21-18)23-13-11-22(12-14-23)19(16-7-3-1-4-8-16)17-9-5-2-6-10-17/h1-10,18-19,21H,11-15H2/t18-/m1/s1. The smallest absolute Gasteiger partial charge is 0.241 e. The number of nitrogens with one attached hydrogen (secondary N) is 1. The Hall–Kier alpha value is -2.17. The number of nitrogens with zero attached hydrogens (tertiary/aromatic N) is 2. The van der Waals surface area contributed by atoms with Crippen LogP contribution in [0.3, 0.4) is 0 Å². The van der Waals surface area contributed by atoms with Crippen LogP contribution in [0.1, 0.15) is 17.2 Å². The third-order valence-corrected chi connectivity index (χ3v) is 4.93. The molecule has 4 heteroatoms. The Labute approximate surface area is 143 Å². The first-order valence-corrected chi connectivity index (χ1v) is 8.69. The molecule has 1 atom stereocenters. The molecule has 0 aromatic heterocycles. The Morgan fingerprint density at radius 3 is 1.83 bits per heavy atom. The molecule has 0 saturated carbocycles. The summed E-state index contributed by atoms with van der Waals surface area (Å²) in [6.07, 6.45) is 0. The topological polar surface area (TPSA) is 45.5 Å². The van der Waals surface area contributed by atoms with Crippen molar-refractivity contribution in [3.63, 3.8) is 0 Å². The van der Waals surface area contributed by atoms with E-state index in [9.17, 15) is 4.79 Å². The maximum atomic E-state index is 12.2. The molecule has 24 heavy (non-hydrogen) atoms. The van der Waals surface area contributed by atoms with Crippen molar-refractivity contribution in [2.45, 2.75) is 12.1 Å². The van der Waals surface area contributed by atoms with E-state index < -0.39 is 0 Å². The minimum Gasteiger partial charge on any atom is -0.339 e. The second-order valence-electron chi connectivity index (χ2n) is 6.55. The number of piperazine rings is 1. The van der Waals surface area contributed by atoms with Crippen LogP contribution in [0.5, 0.6) is 0 Å². The number of rotatable bonds is 4. The molecule has 4 rings (SSSR count). The molecule has 2 fully saturated rings. The van der Waals surface area contributed by atoms with Gasteiger partial charge in [-0.25, -0.2) is 0 Å². The average molecular weight is 321 g/mol. The number of amides is 1. The molecule has 0 aliphatic carbocycles. The van der Waals surface area contributed by atoms with Crippen LogP contribution in [0.15, 0.2) is 60.7 Å². The lowest BCUT2D eigenvalue weighted by Crippen LogP contribution is -2.51. The molecular weight excluding hydrogens is 298 g/mol. The third kappa shape index (κ3) is 3.21. The highest BCUT2D eigenvalue weighted by molar-refractivity contribution is 5.84. The summed E-state index contributed by atoms with van der Waals surface area (Å²) in [5.41, 5.74) is 2.62. The number of carbonyl (C=O) groups is 1. The van der Waals surface area contributed by atoms with Crippen LogP contribution in [0, 0.1) is 0 Å². The second kappa shape index (κ2) is 6.75. The molecule has 0 spiro atoms. The van der Waals surface area contributed by atoms with Gasteiger partial charge in [-0.1, -0.05) is 60.7 Å². The van der Waals surface area contributed by atoms with Crippen LogP contribution in [0.2, 0.25) is 0 Å². The molecule has 1 amide bonds. The molecule has 2 saturated heterocycles. The molecule has 0 unspecified atom stereocenters. The summed E-state index contributed by atoms with van der Waals surface area (Å²) in [5.74, 6) is 0.269. The van der Waals surface area contributed by atoms with Crippen molar-refractivity contribution in [2.24, 2.45) is 0 Å². The van der Waals surface area contributed by atoms with Gasteiger partial charge in [0.25, 0.3) is 0 Å². The van der Waals surface area contributed by atoms with E-state index in [1.807, 2.05) is 4.90 Å². The average Bonchev–Trinajstić information content (AvgIpc) is 3.49. The molecule has 124 valence electrons. The quantitative estimate of drug-likeness (QED) is 0.875. The van der Waals surface area contributed by atoms with E-state index in [-0.39, 0.29) is 18.0 Å². The van der Waals surface area contributed by atoms with E-state index in [1.54, 1.807) is 0 Å². The van der Waals surface area contributed by atoms with Crippen LogP contribution < -0.4 is 5.32 Å². The summed E-state index contributed by atoms with van der Waals surface area (Å²) in [7, 11) is 0. The van der Waals surface area contributed by atoms with Crippen molar-refractivity contribution in [3.05, 3.63) is 71.8 Å². The lowest BCUT2D eigenvalue weighted by molar-refractivity contribution is -0.132. The van der Waals surface area contributed by atoms with Gasteiger partial charge in [0.1, 0.15) is 0 Å². The predicted octanol–water partition coefficient (Wildman–Crippen LogP) is 1.89. The van der Waals surface area contributed by atoms with Crippen LogP contribution in [-0.2, 0) is 4.79 Å². The highest BCUT2D eigenvalue weighted by Crippen LogP contribution is 2.29. The van der Waals surface area contributed by atoms with Gasteiger partial charge in [-0.3, -0.25) is 9.69 Å². The zero-order valence-electron chi connectivity index (χ0n) is 13.8. The van der Waals surface area contributed by atoms with Crippen LogP contribution >= 0.6 is 0 Å². The number of hydrogen-bond acceptors (Lipinski definition) is 3. The van der Waals surface area contributed by atoms with E-state index in [0.717, 1.165) is 32.7 Å². The van der Waals surface area contributed by atoms with Gasteiger partial charge in [-0.15, -0.1) is 0 Å². The fourth-order valence-corrected chi connectivity index (χ4v) is 3.54. The van der Waals surface area contributed by atoms with E-state index in [0.29, 0.717) is 0 Å². The monoisotopic (exact) mass is 321 g/mol. The van der Waals surface area contributed by atoms with Crippen molar-refractivity contribution < 1.29 is 4.79 Å². The molecule has 0 bridgehead atoms. The zero-order chi connectivity index (χ0) is 16.4. The van der Waals surface area contributed by atoms with Crippen molar-refractivity contribution in [1.29, 1.82) is 0 Å². The van der Waals surface area contributed by atoms with Gasteiger partial charge in [0.2, 0.25) is 5.91 Å². The van der Waals surface area contributed by atoms with Gasteiger partial charge >= 0.3 is 0 Å². The lowest BCUT2D eigenvalue weighted by atomic mass is 9.96. The predicted molar refractivity (Wildman–Crippen MR) is 94.7 cm³/mol. The Morgan fingerprint density at radius 1 is 0.875 bits per heavy atom. The molecule has 0 radical (unpaired) electrons. The Balaban J connectivity index is 1.53. The maximum Gasteiger partial charge on any atom is 0.241 e. The largest absolute Gasteiger partial charge is 0.339 e. The number of carbonyl (C=O) groups excluding carboxylic acids is 1. The van der Waals surface area contributed by atoms with Crippen LogP contribution in [-0.4, -0.2) is 54.5 Å². The minimum absolute atomic E-state index is 0.0793.